The zero-order valence-corrected chi connectivity index (χ0v) is 12.2. The third-order valence-corrected chi connectivity index (χ3v) is 6.04. The van der Waals surface area contributed by atoms with Crippen molar-refractivity contribution in [1.82, 2.24) is 4.90 Å². The molecule has 1 aliphatic heterocycles. The zero-order valence-electron chi connectivity index (χ0n) is 11.4. The highest BCUT2D eigenvalue weighted by Crippen LogP contribution is 2.28. The van der Waals surface area contributed by atoms with Gasteiger partial charge in [-0.05, 0) is 25.7 Å². The molecule has 2 rings (SSSR count). The van der Waals surface area contributed by atoms with Crippen molar-refractivity contribution < 1.29 is 0 Å². The second-order valence-corrected chi connectivity index (χ2v) is 7.36. The lowest BCUT2D eigenvalue weighted by Crippen LogP contribution is -2.49. The van der Waals surface area contributed by atoms with E-state index in [2.05, 4.69) is 30.5 Å². The molecule has 0 spiro atoms. The summed E-state index contributed by atoms with van der Waals surface area (Å²) in [4.78, 5) is 2.69. The molecule has 1 saturated heterocycles. The minimum absolute atomic E-state index is 0.453. The van der Waals surface area contributed by atoms with Gasteiger partial charge in [0.05, 0.1) is 0 Å². The van der Waals surface area contributed by atoms with Crippen LogP contribution in [0.4, 0.5) is 0 Å². The van der Waals surface area contributed by atoms with Crippen molar-refractivity contribution in [2.24, 2.45) is 11.7 Å². The Bertz CT molecular complexity index is 234. The number of nitrogens with two attached hydrogens (primary N) is 1. The van der Waals surface area contributed by atoms with E-state index in [1.165, 1.54) is 50.9 Å². The molecule has 1 heterocycles. The minimum atomic E-state index is 0.453. The largest absolute Gasteiger partial charge is 0.327 e. The number of hydrogen-bond acceptors (Lipinski definition) is 3. The number of thioether (sulfide) groups is 1. The predicted molar refractivity (Wildman–Crippen MR) is 77.5 cm³/mol. The Hall–Kier alpha value is 0.270. The Morgan fingerprint density at radius 1 is 1.18 bits per heavy atom. The van der Waals surface area contributed by atoms with Gasteiger partial charge in [0.25, 0.3) is 0 Å². The maximum Gasteiger partial charge on any atom is 0.0184 e. The van der Waals surface area contributed by atoms with E-state index in [1.807, 2.05) is 0 Å². The lowest BCUT2D eigenvalue weighted by molar-refractivity contribution is 0.164. The van der Waals surface area contributed by atoms with E-state index in [0.29, 0.717) is 6.04 Å². The quantitative estimate of drug-likeness (QED) is 0.770. The normalized spacial score (nSPS) is 41.1. The van der Waals surface area contributed by atoms with Gasteiger partial charge in [-0.2, -0.15) is 11.8 Å². The third-order valence-electron chi connectivity index (χ3n) is 4.70. The van der Waals surface area contributed by atoms with Crippen molar-refractivity contribution in [3.63, 3.8) is 0 Å². The molecule has 17 heavy (non-hydrogen) atoms. The molecule has 0 bridgehead atoms. The predicted octanol–water partition coefficient (Wildman–Crippen LogP) is 2.72. The van der Waals surface area contributed by atoms with Crippen molar-refractivity contribution in [1.29, 1.82) is 0 Å². The van der Waals surface area contributed by atoms with Gasteiger partial charge in [0.2, 0.25) is 0 Å². The highest BCUT2D eigenvalue weighted by Gasteiger charge is 2.29. The van der Waals surface area contributed by atoms with Crippen LogP contribution in [0, 0.1) is 5.92 Å². The maximum absolute atomic E-state index is 6.34. The van der Waals surface area contributed by atoms with Crippen molar-refractivity contribution in [2.45, 2.75) is 63.3 Å². The van der Waals surface area contributed by atoms with Crippen LogP contribution < -0.4 is 5.73 Å². The molecule has 1 aliphatic carbocycles. The van der Waals surface area contributed by atoms with Gasteiger partial charge in [0.15, 0.2) is 0 Å². The highest BCUT2D eigenvalue weighted by atomic mass is 32.2. The van der Waals surface area contributed by atoms with Gasteiger partial charge in [-0.15, -0.1) is 0 Å². The highest BCUT2D eigenvalue weighted by molar-refractivity contribution is 8.00. The summed E-state index contributed by atoms with van der Waals surface area (Å²) in [6, 6.07) is 1.18. The zero-order chi connectivity index (χ0) is 12.3. The fraction of sp³-hybridized carbons (Fsp3) is 1.00. The summed E-state index contributed by atoms with van der Waals surface area (Å²) >= 11 is 2.12. The van der Waals surface area contributed by atoms with Crippen LogP contribution in [-0.2, 0) is 0 Å². The summed E-state index contributed by atoms with van der Waals surface area (Å²) in [5.41, 5.74) is 6.34. The van der Waals surface area contributed by atoms with Gasteiger partial charge in [-0.25, -0.2) is 0 Å². The molecule has 100 valence electrons. The molecule has 4 unspecified atom stereocenters. The Labute approximate surface area is 111 Å². The van der Waals surface area contributed by atoms with Crippen molar-refractivity contribution in [3.8, 4) is 0 Å². The molecule has 2 fully saturated rings. The van der Waals surface area contributed by atoms with E-state index >= 15 is 0 Å². The van der Waals surface area contributed by atoms with Crippen LogP contribution in [-0.4, -0.2) is 41.1 Å². The average Bonchev–Trinajstić information content (AvgIpc) is 2.51. The first-order valence-electron chi connectivity index (χ1n) is 7.29. The van der Waals surface area contributed by atoms with Gasteiger partial charge in [-0.1, -0.05) is 26.2 Å². The number of rotatable bonds is 2. The minimum Gasteiger partial charge on any atom is -0.327 e. The first-order valence-corrected chi connectivity index (χ1v) is 8.34. The lowest BCUT2D eigenvalue weighted by atomic mass is 9.94. The average molecular weight is 256 g/mol. The Balaban J connectivity index is 1.89. The molecule has 1 saturated carbocycles. The van der Waals surface area contributed by atoms with E-state index < -0.39 is 0 Å². The summed E-state index contributed by atoms with van der Waals surface area (Å²) in [7, 11) is 0. The smallest absolute Gasteiger partial charge is 0.0184 e. The summed E-state index contributed by atoms with van der Waals surface area (Å²) in [5, 5.41) is 0.783. The summed E-state index contributed by atoms with van der Waals surface area (Å²) in [5.74, 6) is 2.04. The van der Waals surface area contributed by atoms with Gasteiger partial charge < -0.3 is 5.73 Å². The summed E-state index contributed by atoms with van der Waals surface area (Å²) < 4.78 is 0. The first kappa shape index (κ1) is 13.7. The van der Waals surface area contributed by atoms with Gasteiger partial charge in [0.1, 0.15) is 0 Å². The molecule has 0 amide bonds. The topological polar surface area (TPSA) is 29.3 Å². The van der Waals surface area contributed by atoms with Crippen LogP contribution in [0.2, 0.25) is 0 Å². The monoisotopic (exact) mass is 256 g/mol. The molecule has 2 aliphatic rings. The molecule has 0 aromatic rings. The molecule has 2 nitrogen and oxygen atoms in total. The van der Waals surface area contributed by atoms with E-state index in [4.69, 9.17) is 5.73 Å². The molecule has 4 atom stereocenters. The molecular formula is C14H28N2S. The SMILES string of the molecule is CC1SCCN(CC2CCCCCC2N)C1C. The fourth-order valence-corrected chi connectivity index (χ4v) is 4.36. The van der Waals surface area contributed by atoms with Crippen LogP contribution in [0.15, 0.2) is 0 Å². The van der Waals surface area contributed by atoms with Crippen LogP contribution in [0.3, 0.4) is 0 Å². The molecular weight excluding hydrogens is 228 g/mol. The lowest BCUT2D eigenvalue weighted by Gasteiger charge is -2.40. The summed E-state index contributed by atoms with van der Waals surface area (Å²) in [6.07, 6.45) is 6.74. The van der Waals surface area contributed by atoms with Gasteiger partial charge >= 0.3 is 0 Å². The van der Waals surface area contributed by atoms with E-state index in [9.17, 15) is 0 Å². The van der Waals surface area contributed by atoms with Crippen LogP contribution in [0.25, 0.3) is 0 Å². The summed E-state index contributed by atoms with van der Waals surface area (Å²) in [6.45, 7) is 7.26. The Morgan fingerprint density at radius 2 is 1.94 bits per heavy atom. The van der Waals surface area contributed by atoms with Gasteiger partial charge in [0, 0.05) is 36.2 Å². The van der Waals surface area contributed by atoms with E-state index in [0.717, 1.165) is 17.2 Å². The number of nitrogens with zero attached hydrogens (tertiary/aromatic N) is 1. The second kappa shape index (κ2) is 6.44. The molecule has 0 aromatic heterocycles. The first-order chi connectivity index (χ1) is 8.18. The number of hydrogen-bond donors (Lipinski definition) is 1. The molecule has 0 radical (unpaired) electrons. The maximum atomic E-state index is 6.34. The van der Waals surface area contributed by atoms with E-state index in [1.54, 1.807) is 0 Å². The second-order valence-electron chi connectivity index (χ2n) is 5.87. The molecule has 3 heteroatoms. The fourth-order valence-electron chi connectivity index (χ4n) is 3.19. The van der Waals surface area contributed by atoms with Crippen LogP contribution >= 0.6 is 11.8 Å². The van der Waals surface area contributed by atoms with Crippen molar-refractivity contribution in [3.05, 3.63) is 0 Å². The van der Waals surface area contributed by atoms with Crippen molar-refractivity contribution >= 4 is 11.8 Å². The van der Waals surface area contributed by atoms with Crippen molar-refractivity contribution in [2.75, 3.05) is 18.8 Å². The van der Waals surface area contributed by atoms with Crippen LogP contribution in [0.1, 0.15) is 46.0 Å². The van der Waals surface area contributed by atoms with Gasteiger partial charge in [-0.3, -0.25) is 4.90 Å². The standard InChI is InChI=1S/C14H28N2S/c1-11-12(2)17-9-8-16(11)10-13-6-4-3-5-7-14(13)15/h11-14H,3-10,15H2,1-2H3. The van der Waals surface area contributed by atoms with E-state index in [-0.39, 0.29) is 0 Å². The van der Waals surface area contributed by atoms with Crippen LogP contribution in [0.5, 0.6) is 0 Å². The molecule has 2 N–H and O–H groups in total. The Kier molecular flexibility index (Phi) is 5.19. The molecule has 0 aromatic carbocycles. The Morgan fingerprint density at radius 3 is 2.76 bits per heavy atom. The third kappa shape index (κ3) is 3.62.